The first-order valence-electron chi connectivity index (χ1n) is 12.0. The fraction of sp³-hybridized carbons (Fsp3) is 0.100. The first-order valence-corrected chi connectivity index (χ1v) is 12.0. The molecule has 9 heteroatoms. The number of rotatable bonds is 6. The van der Waals surface area contributed by atoms with Gasteiger partial charge >= 0.3 is 11.9 Å². The van der Waals surface area contributed by atoms with Crippen molar-refractivity contribution in [2.75, 3.05) is 0 Å². The van der Waals surface area contributed by atoms with Crippen LogP contribution < -0.4 is 0 Å². The Morgan fingerprint density at radius 2 is 1.10 bits per heavy atom. The minimum atomic E-state index is -1.26. The second-order valence-electron chi connectivity index (χ2n) is 9.00. The number of hydrogen-bond donors (Lipinski definition) is 4. The van der Waals surface area contributed by atoms with Gasteiger partial charge in [-0.15, -0.1) is 0 Å². The number of furan rings is 2. The van der Waals surface area contributed by atoms with Gasteiger partial charge in [-0.2, -0.15) is 0 Å². The van der Waals surface area contributed by atoms with E-state index in [9.17, 15) is 34.8 Å². The Kier molecular flexibility index (Phi) is 6.64. The lowest BCUT2D eigenvalue weighted by Gasteiger charge is -2.15. The quantitative estimate of drug-likeness (QED) is 0.214. The van der Waals surface area contributed by atoms with Gasteiger partial charge in [-0.05, 0) is 92.1 Å². The highest BCUT2D eigenvalue weighted by Gasteiger charge is 2.22. The number of phenols is 2. The van der Waals surface area contributed by atoms with Crippen LogP contribution in [0.2, 0.25) is 0 Å². The fourth-order valence-electron chi connectivity index (χ4n) is 4.41. The third-order valence-electron chi connectivity index (χ3n) is 6.39. The summed E-state index contributed by atoms with van der Waals surface area (Å²) < 4.78 is 11.7. The zero-order valence-electron chi connectivity index (χ0n) is 20.4. The van der Waals surface area contributed by atoms with Crippen LogP contribution >= 0.6 is 0 Å². The number of ketones is 1. The van der Waals surface area contributed by atoms with Gasteiger partial charge in [0.2, 0.25) is 0 Å². The Morgan fingerprint density at radius 3 is 1.51 bits per heavy atom. The van der Waals surface area contributed by atoms with Crippen LogP contribution in [0.4, 0.5) is 0 Å². The number of carboxylic acids is 2. The molecular formula is C30H22O9. The predicted octanol–water partition coefficient (Wildman–Crippen LogP) is 6.23. The number of aromatic carboxylic acids is 2. The maximum absolute atomic E-state index is 13.2. The normalized spacial score (nSPS) is 15.6. The van der Waals surface area contributed by atoms with Crippen LogP contribution in [0.25, 0.3) is 34.8 Å². The van der Waals surface area contributed by atoms with E-state index in [-0.39, 0.29) is 28.4 Å². The highest BCUT2D eigenvalue weighted by molar-refractivity contribution is 6.13. The van der Waals surface area contributed by atoms with Crippen molar-refractivity contribution >= 4 is 29.9 Å². The molecule has 0 aliphatic heterocycles. The van der Waals surface area contributed by atoms with Gasteiger partial charge in [-0.3, -0.25) is 4.79 Å². The second-order valence-corrected chi connectivity index (χ2v) is 9.00. The number of aromatic hydroxyl groups is 2. The monoisotopic (exact) mass is 526 g/mol. The van der Waals surface area contributed by atoms with Crippen molar-refractivity contribution < 1.29 is 43.6 Å². The highest BCUT2D eigenvalue weighted by Crippen LogP contribution is 2.33. The predicted molar refractivity (Wildman–Crippen MR) is 140 cm³/mol. The van der Waals surface area contributed by atoms with E-state index in [1.54, 1.807) is 48.6 Å². The lowest BCUT2D eigenvalue weighted by Crippen LogP contribution is -2.12. The Labute approximate surface area is 221 Å². The average molecular weight is 526 g/mol. The van der Waals surface area contributed by atoms with E-state index < -0.39 is 11.9 Å². The number of carboxylic acid groups (broad SMARTS) is 2. The van der Waals surface area contributed by atoms with Gasteiger partial charge in [0.25, 0.3) is 0 Å². The van der Waals surface area contributed by atoms with Crippen LogP contribution in [-0.4, -0.2) is 38.1 Å². The summed E-state index contributed by atoms with van der Waals surface area (Å²) in [5.41, 5.74) is 1.58. The second kappa shape index (κ2) is 10.2. The van der Waals surface area contributed by atoms with Gasteiger partial charge in [-0.1, -0.05) is 0 Å². The van der Waals surface area contributed by atoms with Crippen molar-refractivity contribution in [1.29, 1.82) is 0 Å². The first-order chi connectivity index (χ1) is 18.7. The lowest BCUT2D eigenvalue weighted by atomic mass is 9.88. The van der Waals surface area contributed by atoms with E-state index in [1.807, 2.05) is 0 Å². The van der Waals surface area contributed by atoms with Crippen LogP contribution in [0.15, 0.2) is 80.6 Å². The zero-order chi connectivity index (χ0) is 27.7. The molecule has 0 saturated heterocycles. The largest absolute Gasteiger partial charge is 0.507 e. The molecule has 39 heavy (non-hydrogen) atoms. The molecule has 0 amide bonds. The molecule has 4 N–H and O–H groups in total. The van der Waals surface area contributed by atoms with Gasteiger partial charge in [0.05, 0.1) is 0 Å². The van der Waals surface area contributed by atoms with Crippen LogP contribution in [0.3, 0.4) is 0 Å². The third-order valence-corrected chi connectivity index (χ3v) is 6.39. The maximum atomic E-state index is 13.2. The SMILES string of the molecule is O=C1/C(=C/c2ccc(-c3ccc(O)c(C(=O)O)c3)o2)CCC/C1=C\c1ccc(-c2ccc(O)c(C(=O)O)c2)o1. The van der Waals surface area contributed by atoms with E-state index in [1.165, 1.54) is 24.3 Å². The Bertz CT molecular complexity index is 1560. The molecule has 1 saturated carbocycles. The number of hydrogen-bond acceptors (Lipinski definition) is 7. The lowest BCUT2D eigenvalue weighted by molar-refractivity contribution is -0.112. The minimum absolute atomic E-state index is 0.146. The summed E-state index contributed by atoms with van der Waals surface area (Å²) in [6.07, 6.45) is 5.18. The summed E-state index contributed by atoms with van der Waals surface area (Å²) >= 11 is 0. The summed E-state index contributed by atoms with van der Waals surface area (Å²) in [6, 6.07) is 15.0. The van der Waals surface area contributed by atoms with Crippen molar-refractivity contribution in [3.05, 3.63) is 94.5 Å². The molecule has 0 atom stereocenters. The van der Waals surface area contributed by atoms with Crippen molar-refractivity contribution in [1.82, 2.24) is 0 Å². The van der Waals surface area contributed by atoms with E-state index in [0.29, 0.717) is 58.2 Å². The molecular weight excluding hydrogens is 504 g/mol. The average Bonchev–Trinajstić information content (AvgIpc) is 3.57. The molecule has 1 aliphatic carbocycles. The van der Waals surface area contributed by atoms with Crippen LogP contribution in [-0.2, 0) is 4.79 Å². The number of Topliss-reactive ketones (excluding diaryl/α,β-unsaturated/α-hetero) is 1. The van der Waals surface area contributed by atoms with Gasteiger partial charge in [-0.25, -0.2) is 9.59 Å². The van der Waals surface area contributed by atoms with Gasteiger partial charge in [0.15, 0.2) is 5.78 Å². The van der Waals surface area contributed by atoms with Gasteiger partial charge in [0, 0.05) is 22.3 Å². The molecule has 5 rings (SSSR count). The third kappa shape index (κ3) is 5.24. The molecule has 4 aromatic rings. The molecule has 0 radical (unpaired) electrons. The topological polar surface area (TPSA) is 158 Å². The number of allylic oxidation sites excluding steroid dienone is 2. The van der Waals surface area contributed by atoms with Gasteiger partial charge in [0.1, 0.15) is 45.7 Å². The zero-order valence-corrected chi connectivity index (χ0v) is 20.4. The molecule has 0 bridgehead atoms. The Balaban J connectivity index is 1.36. The Morgan fingerprint density at radius 1 is 0.667 bits per heavy atom. The molecule has 0 spiro atoms. The molecule has 0 unspecified atom stereocenters. The number of benzene rings is 2. The summed E-state index contributed by atoms with van der Waals surface area (Å²) in [5.74, 6) is -1.69. The fourth-order valence-corrected chi connectivity index (χ4v) is 4.41. The summed E-state index contributed by atoms with van der Waals surface area (Å²) in [6.45, 7) is 0. The molecule has 2 aromatic carbocycles. The van der Waals surface area contributed by atoms with Crippen molar-refractivity contribution in [3.8, 4) is 34.1 Å². The van der Waals surface area contributed by atoms with Crippen molar-refractivity contribution in [2.45, 2.75) is 19.3 Å². The molecule has 196 valence electrons. The van der Waals surface area contributed by atoms with E-state index >= 15 is 0 Å². The van der Waals surface area contributed by atoms with Crippen LogP contribution in [0, 0.1) is 0 Å². The van der Waals surface area contributed by atoms with E-state index in [2.05, 4.69) is 0 Å². The molecule has 2 aromatic heterocycles. The molecule has 2 heterocycles. The summed E-state index contributed by atoms with van der Waals surface area (Å²) in [4.78, 5) is 35.8. The minimum Gasteiger partial charge on any atom is -0.507 e. The first kappa shape index (κ1) is 25.3. The summed E-state index contributed by atoms with van der Waals surface area (Å²) in [5, 5.41) is 37.9. The molecule has 1 aliphatic rings. The van der Waals surface area contributed by atoms with Crippen LogP contribution in [0.1, 0.15) is 51.5 Å². The number of carbonyl (C=O) groups excluding carboxylic acids is 1. The van der Waals surface area contributed by atoms with Gasteiger partial charge < -0.3 is 29.3 Å². The van der Waals surface area contributed by atoms with Crippen LogP contribution in [0.5, 0.6) is 11.5 Å². The Hall–Kier alpha value is -5.31. The molecule has 9 nitrogen and oxygen atoms in total. The molecule has 1 fully saturated rings. The number of carbonyl (C=O) groups is 3. The summed E-state index contributed by atoms with van der Waals surface area (Å²) in [7, 11) is 0. The van der Waals surface area contributed by atoms with E-state index in [4.69, 9.17) is 8.83 Å². The van der Waals surface area contributed by atoms with Crippen molar-refractivity contribution in [3.63, 3.8) is 0 Å². The smallest absolute Gasteiger partial charge is 0.339 e. The van der Waals surface area contributed by atoms with E-state index in [0.717, 1.165) is 6.42 Å². The standard InChI is InChI=1S/C30H22O9/c31-24-8-4-16(14-22(24)29(34)35)26-10-6-20(38-26)12-18-2-1-3-19(28(18)33)13-21-7-11-27(39-21)17-5-9-25(32)23(15-17)30(36)37/h4-15,31-32H,1-3H2,(H,34,35)(H,36,37)/b18-12+,19-13+. The maximum Gasteiger partial charge on any atom is 0.339 e. The van der Waals surface area contributed by atoms with Crippen molar-refractivity contribution in [2.24, 2.45) is 0 Å². The highest BCUT2D eigenvalue weighted by atomic mass is 16.4.